The highest BCUT2D eigenvalue weighted by Crippen LogP contribution is 2.28. The molecule has 1 N–H and O–H groups in total. The van der Waals surface area contributed by atoms with Gasteiger partial charge in [-0.05, 0) is 43.7 Å². The summed E-state index contributed by atoms with van der Waals surface area (Å²) in [5.41, 5.74) is 3.50. The number of benzene rings is 1. The minimum absolute atomic E-state index is 0.440. The molecule has 0 saturated heterocycles. The molecule has 20 heavy (non-hydrogen) atoms. The first-order chi connectivity index (χ1) is 9.51. The Morgan fingerprint density at radius 2 is 2.00 bits per heavy atom. The van der Waals surface area contributed by atoms with Gasteiger partial charge < -0.3 is 9.84 Å². The van der Waals surface area contributed by atoms with E-state index in [4.69, 9.17) is 16.3 Å². The molecule has 0 spiro atoms. The number of pyridine rings is 1. The number of rotatable bonds is 4. The standard InChI is InChI=1S/C16H18ClNO2/c1-10-4-6-14(11(2)18-10)15(19)9-12-8-13(17)5-7-16(12)20-3/h4-8,15,19H,9H2,1-3H3. The molecular formula is C16H18ClNO2. The van der Waals surface area contributed by atoms with E-state index in [9.17, 15) is 5.11 Å². The summed E-state index contributed by atoms with van der Waals surface area (Å²) in [4.78, 5) is 4.38. The number of ether oxygens (including phenoxy) is 1. The van der Waals surface area contributed by atoms with Crippen LogP contribution >= 0.6 is 11.6 Å². The van der Waals surface area contributed by atoms with Crippen LogP contribution in [0.2, 0.25) is 5.02 Å². The predicted molar refractivity (Wildman–Crippen MR) is 80.4 cm³/mol. The highest BCUT2D eigenvalue weighted by atomic mass is 35.5. The molecule has 1 heterocycles. The van der Waals surface area contributed by atoms with Gasteiger partial charge in [0, 0.05) is 28.4 Å². The number of methoxy groups -OCH3 is 1. The van der Waals surface area contributed by atoms with Crippen LogP contribution in [-0.4, -0.2) is 17.2 Å². The molecular weight excluding hydrogens is 274 g/mol. The molecule has 3 nitrogen and oxygen atoms in total. The maximum atomic E-state index is 10.4. The van der Waals surface area contributed by atoms with E-state index >= 15 is 0 Å². The van der Waals surface area contributed by atoms with Crippen molar-refractivity contribution in [3.63, 3.8) is 0 Å². The van der Waals surface area contributed by atoms with Gasteiger partial charge in [0.15, 0.2) is 0 Å². The van der Waals surface area contributed by atoms with Gasteiger partial charge >= 0.3 is 0 Å². The zero-order valence-electron chi connectivity index (χ0n) is 11.9. The zero-order chi connectivity index (χ0) is 14.7. The number of halogens is 1. The molecule has 0 radical (unpaired) electrons. The highest BCUT2D eigenvalue weighted by Gasteiger charge is 2.15. The predicted octanol–water partition coefficient (Wildman–Crippen LogP) is 3.64. The van der Waals surface area contributed by atoms with E-state index in [-0.39, 0.29) is 0 Å². The monoisotopic (exact) mass is 291 g/mol. The normalized spacial score (nSPS) is 12.2. The summed E-state index contributed by atoms with van der Waals surface area (Å²) in [6, 6.07) is 9.22. The molecule has 0 saturated carbocycles. The van der Waals surface area contributed by atoms with Crippen molar-refractivity contribution >= 4 is 11.6 Å². The second kappa shape index (κ2) is 6.25. The van der Waals surface area contributed by atoms with Crippen molar-refractivity contribution < 1.29 is 9.84 Å². The second-order valence-corrected chi connectivity index (χ2v) is 5.24. The third-order valence-corrected chi connectivity index (χ3v) is 3.52. The van der Waals surface area contributed by atoms with Gasteiger partial charge in [0.05, 0.1) is 13.2 Å². The number of aliphatic hydroxyl groups excluding tert-OH is 1. The van der Waals surface area contributed by atoms with Crippen molar-refractivity contribution in [3.05, 3.63) is 57.9 Å². The summed E-state index contributed by atoms with van der Waals surface area (Å²) >= 11 is 6.01. The van der Waals surface area contributed by atoms with Gasteiger partial charge in [-0.1, -0.05) is 17.7 Å². The molecule has 1 unspecified atom stereocenters. The summed E-state index contributed by atoms with van der Waals surface area (Å²) < 4.78 is 5.30. The van der Waals surface area contributed by atoms with Crippen molar-refractivity contribution in [3.8, 4) is 5.75 Å². The number of hydrogen-bond acceptors (Lipinski definition) is 3. The van der Waals surface area contributed by atoms with Crippen LogP contribution in [0.1, 0.15) is 28.6 Å². The van der Waals surface area contributed by atoms with Crippen LogP contribution in [-0.2, 0) is 6.42 Å². The van der Waals surface area contributed by atoms with E-state index in [2.05, 4.69) is 4.98 Å². The minimum Gasteiger partial charge on any atom is -0.496 e. The number of aliphatic hydroxyl groups is 1. The lowest BCUT2D eigenvalue weighted by molar-refractivity contribution is 0.176. The fourth-order valence-electron chi connectivity index (χ4n) is 2.27. The summed E-state index contributed by atoms with van der Waals surface area (Å²) in [5.74, 6) is 0.728. The van der Waals surface area contributed by atoms with Gasteiger partial charge in [0.1, 0.15) is 5.75 Å². The van der Waals surface area contributed by atoms with E-state index in [0.717, 1.165) is 28.3 Å². The zero-order valence-corrected chi connectivity index (χ0v) is 12.6. The third kappa shape index (κ3) is 3.30. The van der Waals surface area contributed by atoms with E-state index in [1.807, 2.05) is 38.1 Å². The molecule has 1 aromatic heterocycles. The van der Waals surface area contributed by atoms with Gasteiger partial charge in [-0.15, -0.1) is 0 Å². The molecule has 0 fully saturated rings. The average Bonchev–Trinajstić information content (AvgIpc) is 2.38. The summed E-state index contributed by atoms with van der Waals surface area (Å²) in [6.07, 6.45) is -0.189. The van der Waals surface area contributed by atoms with Crippen molar-refractivity contribution in [2.24, 2.45) is 0 Å². The van der Waals surface area contributed by atoms with Crippen molar-refractivity contribution in [2.45, 2.75) is 26.4 Å². The Kier molecular flexibility index (Phi) is 4.63. The average molecular weight is 292 g/mol. The van der Waals surface area contributed by atoms with Crippen LogP contribution in [0, 0.1) is 13.8 Å². The number of aryl methyl sites for hydroxylation is 2. The number of hydrogen-bond donors (Lipinski definition) is 1. The molecule has 1 aromatic carbocycles. The lowest BCUT2D eigenvalue weighted by Gasteiger charge is -2.16. The molecule has 1 atom stereocenters. The van der Waals surface area contributed by atoms with Crippen LogP contribution in [0.3, 0.4) is 0 Å². The number of nitrogens with zero attached hydrogens (tertiary/aromatic N) is 1. The van der Waals surface area contributed by atoms with Crippen LogP contribution < -0.4 is 4.74 Å². The molecule has 0 bridgehead atoms. The van der Waals surface area contributed by atoms with Crippen molar-refractivity contribution in [1.29, 1.82) is 0 Å². The maximum absolute atomic E-state index is 10.4. The fraction of sp³-hybridized carbons (Fsp3) is 0.312. The van der Waals surface area contributed by atoms with Gasteiger partial charge in [0.2, 0.25) is 0 Å². The Balaban J connectivity index is 2.27. The summed E-state index contributed by atoms with van der Waals surface area (Å²) in [5, 5.41) is 11.0. The van der Waals surface area contributed by atoms with Crippen LogP contribution in [0.25, 0.3) is 0 Å². The molecule has 4 heteroatoms. The van der Waals surface area contributed by atoms with E-state index in [1.54, 1.807) is 13.2 Å². The second-order valence-electron chi connectivity index (χ2n) is 4.80. The Morgan fingerprint density at radius 3 is 2.65 bits per heavy atom. The Hall–Kier alpha value is -1.58. The maximum Gasteiger partial charge on any atom is 0.122 e. The van der Waals surface area contributed by atoms with E-state index < -0.39 is 6.10 Å². The largest absolute Gasteiger partial charge is 0.496 e. The van der Waals surface area contributed by atoms with E-state index in [0.29, 0.717) is 11.4 Å². The Labute approximate surface area is 124 Å². The van der Waals surface area contributed by atoms with Gasteiger partial charge in [-0.2, -0.15) is 0 Å². The number of aromatic nitrogens is 1. The van der Waals surface area contributed by atoms with Crippen molar-refractivity contribution in [2.75, 3.05) is 7.11 Å². The quantitative estimate of drug-likeness (QED) is 0.935. The molecule has 106 valence electrons. The van der Waals surface area contributed by atoms with Crippen LogP contribution in [0.5, 0.6) is 5.75 Å². The smallest absolute Gasteiger partial charge is 0.122 e. The van der Waals surface area contributed by atoms with E-state index in [1.165, 1.54) is 0 Å². The van der Waals surface area contributed by atoms with Crippen molar-refractivity contribution in [1.82, 2.24) is 4.98 Å². The molecule has 2 aromatic rings. The van der Waals surface area contributed by atoms with Crippen LogP contribution in [0.4, 0.5) is 0 Å². The topological polar surface area (TPSA) is 42.4 Å². The third-order valence-electron chi connectivity index (χ3n) is 3.28. The summed E-state index contributed by atoms with van der Waals surface area (Å²) in [7, 11) is 1.61. The van der Waals surface area contributed by atoms with Crippen LogP contribution in [0.15, 0.2) is 30.3 Å². The van der Waals surface area contributed by atoms with Gasteiger partial charge in [-0.25, -0.2) is 0 Å². The minimum atomic E-state index is -0.629. The molecule has 0 aliphatic carbocycles. The fourth-order valence-corrected chi connectivity index (χ4v) is 2.47. The van der Waals surface area contributed by atoms with Gasteiger partial charge in [-0.3, -0.25) is 4.98 Å². The molecule has 0 aliphatic rings. The molecule has 0 aliphatic heterocycles. The first-order valence-electron chi connectivity index (χ1n) is 6.46. The summed E-state index contributed by atoms with van der Waals surface area (Å²) in [6.45, 7) is 3.84. The SMILES string of the molecule is COc1ccc(Cl)cc1CC(O)c1ccc(C)nc1C. The van der Waals surface area contributed by atoms with Gasteiger partial charge in [0.25, 0.3) is 0 Å². The lowest BCUT2D eigenvalue weighted by Crippen LogP contribution is -2.06. The first-order valence-corrected chi connectivity index (χ1v) is 6.83. The first kappa shape index (κ1) is 14.8. The lowest BCUT2D eigenvalue weighted by atomic mass is 9.99. The highest BCUT2D eigenvalue weighted by molar-refractivity contribution is 6.30. The Morgan fingerprint density at radius 1 is 1.25 bits per heavy atom. The molecule has 2 rings (SSSR count). The Bertz CT molecular complexity index is 613. The molecule has 0 amide bonds.